The van der Waals surface area contributed by atoms with Crippen LogP contribution in [0, 0.1) is 0 Å². The van der Waals surface area contributed by atoms with E-state index in [4.69, 9.17) is 5.73 Å². The molecule has 0 spiro atoms. The summed E-state index contributed by atoms with van der Waals surface area (Å²) in [6.07, 6.45) is 3.29. The Bertz CT molecular complexity index is 47.5. The van der Waals surface area contributed by atoms with Crippen LogP contribution in [0.3, 0.4) is 0 Å². The smallest absolute Gasteiger partial charge is 0.0146 e. The zero-order chi connectivity index (χ0) is 8.62. The second kappa shape index (κ2) is 7.07. The van der Waals surface area contributed by atoms with Gasteiger partial charge in [0.25, 0.3) is 0 Å². The fourth-order valence-electron chi connectivity index (χ4n) is 0.750. The molecular formula is C9H23N. The first-order valence-electron chi connectivity index (χ1n) is 4.47. The van der Waals surface area contributed by atoms with E-state index >= 15 is 0 Å². The van der Waals surface area contributed by atoms with Gasteiger partial charge in [-0.15, -0.1) is 0 Å². The molecule has 0 aromatic carbocycles. The highest BCUT2D eigenvalue weighted by atomic mass is 14.7. The summed E-state index contributed by atoms with van der Waals surface area (Å²) < 4.78 is 0. The van der Waals surface area contributed by atoms with E-state index in [-0.39, 0.29) is 5.54 Å². The lowest BCUT2D eigenvalue weighted by Gasteiger charge is -2.23. The standard InChI is InChI=1S/C7H17N.C2H6/c1-4-7(8,5-2)6-3;1-2/h4-6,8H2,1-3H3;1-2H3. The predicted octanol–water partition coefficient (Wildman–Crippen LogP) is 2.94. The lowest BCUT2D eigenvalue weighted by molar-refractivity contribution is 0.383. The molecule has 0 aliphatic heterocycles. The first kappa shape index (κ1) is 12.6. The normalized spacial score (nSPS) is 10.2. The zero-order valence-corrected chi connectivity index (χ0v) is 8.20. The minimum atomic E-state index is 0.125. The number of hydrogen-bond acceptors (Lipinski definition) is 1. The Morgan fingerprint density at radius 1 is 0.900 bits per heavy atom. The van der Waals surface area contributed by atoms with Crippen LogP contribution in [0.25, 0.3) is 0 Å². The summed E-state index contributed by atoms with van der Waals surface area (Å²) in [6.45, 7) is 10.4. The molecule has 10 heavy (non-hydrogen) atoms. The fraction of sp³-hybridized carbons (Fsp3) is 1.00. The largest absolute Gasteiger partial charge is 0.325 e. The summed E-state index contributed by atoms with van der Waals surface area (Å²) in [5, 5.41) is 0. The van der Waals surface area contributed by atoms with Crippen LogP contribution in [-0.4, -0.2) is 5.54 Å². The van der Waals surface area contributed by atoms with Crippen molar-refractivity contribution in [2.45, 2.75) is 59.4 Å². The molecule has 0 rings (SSSR count). The number of hydrogen-bond donors (Lipinski definition) is 1. The predicted molar refractivity (Wildman–Crippen MR) is 49.1 cm³/mol. The molecule has 2 N–H and O–H groups in total. The Morgan fingerprint density at radius 2 is 1.10 bits per heavy atom. The maximum atomic E-state index is 5.90. The molecule has 0 fully saturated rings. The van der Waals surface area contributed by atoms with Crippen molar-refractivity contribution >= 4 is 0 Å². The van der Waals surface area contributed by atoms with E-state index in [1.807, 2.05) is 13.8 Å². The molecule has 0 radical (unpaired) electrons. The summed E-state index contributed by atoms with van der Waals surface area (Å²) in [5.74, 6) is 0. The van der Waals surface area contributed by atoms with Gasteiger partial charge in [-0.2, -0.15) is 0 Å². The van der Waals surface area contributed by atoms with Gasteiger partial charge in [-0.25, -0.2) is 0 Å². The minimum absolute atomic E-state index is 0.125. The molecule has 0 atom stereocenters. The van der Waals surface area contributed by atoms with Gasteiger partial charge in [-0.3, -0.25) is 0 Å². The van der Waals surface area contributed by atoms with Gasteiger partial charge < -0.3 is 5.73 Å². The van der Waals surface area contributed by atoms with E-state index in [2.05, 4.69) is 20.8 Å². The maximum Gasteiger partial charge on any atom is 0.0146 e. The van der Waals surface area contributed by atoms with Crippen LogP contribution >= 0.6 is 0 Å². The minimum Gasteiger partial charge on any atom is -0.325 e. The first-order chi connectivity index (χ1) is 4.68. The van der Waals surface area contributed by atoms with Crippen molar-refractivity contribution in [3.05, 3.63) is 0 Å². The Hall–Kier alpha value is -0.0400. The van der Waals surface area contributed by atoms with Crippen molar-refractivity contribution in [2.24, 2.45) is 5.73 Å². The van der Waals surface area contributed by atoms with Crippen LogP contribution in [-0.2, 0) is 0 Å². The van der Waals surface area contributed by atoms with E-state index in [1.165, 1.54) is 0 Å². The van der Waals surface area contributed by atoms with Crippen LogP contribution in [0.4, 0.5) is 0 Å². The van der Waals surface area contributed by atoms with Gasteiger partial charge in [0.1, 0.15) is 0 Å². The molecule has 0 heterocycles. The van der Waals surface area contributed by atoms with Gasteiger partial charge in [-0.1, -0.05) is 34.6 Å². The van der Waals surface area contributed by atoms with Crippen molar-refractivity contribution in [3.63, 3.8) is 0 Å². The average molecular weight is 145 g/mol. The van der Waals surface area contributed by atoms with Crippen molar-refractivity contribution in [2.75, 3.05) is 0 Å². The van der Waals surface area contributed by atoms with Crippen molar-refractivity contribution in [3.8, 4) is 0 Å². The van der Waals surface area contributed by atoms with Crippen molar-refractivity contribution in [1.29, 1.82) is 0 Å². The van der Waals surface area contributed by atoms with Crippen LogP contribution in [0.5, 0.6) is 0 Å². The maximum absolute atomic E-state index is 5.90. The van der Waals surface area contributed by atoms with E-state index in [9.17, 15) is 0 Å². The third-order valence-electron chi connectivity index (χ3n) is 2.11. The summed E-state index contributed by atoms with van der Waals surface area (Å²) in [5.41, 5.74) is 6.02. The third kappa shape index (κ3) is 4.80. The zero-order valence-electron chi connectivity index (χ0n) is 8.20. The van der Waals surface area contributed by atoms with Gasteiger partial charge in [0.2, 0.25) is 0 Å². The van der Waals surface area contributed by atoms with E-state index in [0.29, 0.717) is 0 Å². The summed E-state index contributed by atoms with van der Waals surface area (Å²) >= 11 is 0. The SMILES string of the molecule is CC.CCC(N)(CC)CC. The molecule has 0 aromatic rings. The first-order valence-corrected chi connectivity index (χ1v) is 4.47. The molecule has 0 saturated carbocycles. The Kier molecular flexibility index (Phi) is 8.92. The van der Waals surface area contributed by atoms with E-state index < -0.39 is 0 Å². The Morgan fingerprint density at radius 3 is 1.10 bits per heavy atom. The topological polar surface area (TPSA) is 26.0 Å². The third-order valence-corrected chi connectivity index (χ3v) is 2.11. The summed E-state index contributed by atoms with van der Waals surface area (Å²) in [4.78, 5) is 0. The Balaban J connectivity index is 0. The van der Waals surface area contributed by atoms with Gasteiger partial charge in [0.15, 0.2) is 0 Å². The van der Waals surface area contributed by atoms with Crippen LogP contribution < -0.4 is 5.73 Å². The molecular weight excluding hydrogens is 122 g/mol. The molecule has 0 aromatic heterocycles. The highest BCUT2D eigenvalue weighted by Crippen LogP contribution is 2.14. The summed E-state index contributed by atoms with van der Waals surface area (Å²) in [7, 11) is 0. The van der Waals surface area contributed by atoms with E-state index in [1.54, 1.807) is 0 Å². The number of nitrogens with two attached hydrogens (primary N) is 1. The van der Waals surface area contributed by atoms with Gasteiger partial charge in [-0.05, 0) is 19.3 Å². The molecule has 1 nitrogen and oxygen atoms in total. The molecule has 0 aliphatic rings. The lowest BCUT2D eigenvalue weighted by atomic mass is 9.92. The molecule has 0 saturated heterocycles. The molecule has 0 amide bonds. The van der Waals surface area contributed by atoms with Gasteiger partial charge in [0, 0.05) is 5.54 Å². The average Bonchev–Trinajstić information content (AvgIpc) is 2.07. The van der Waals surface area contributed by atoms with Crippen LogP contribution in [0.15, 0.2) is 0 Å². The highest BCUT2D eigenvalue weighted by molar-refractivity contribution is 4.77. The number of rotatable bonds is 3. The monoisotopic (exact) mass is 145 g/mol. The van der Waals surface area contributed by atoms with Gasteiger partial charge in [0.05, 0.1) is 0 Å². The quantitative estimate of drug-likeness (QED) is 0.649. The lowest BCUT2D eigenvalue weighted by Crippen LogP contribution is -2.37. The molecule has 64 valence electrons. The molecule has 0 unspecified atom stereocenters. The van der Waals surface area contributed by atoms with Crippen LogP contribution in [0.1, 0.15) is 53.9 Å². The summed E-state index contributed by atoms with van der Waals surface area (Å²) in [6, 6.07) is 0. The Labute approximate surface area is 66.0 Å². The molecule has 0 bridgehead atoms. The highest BCUT2D eigenvalue weighted by Gasteiger charge is 2.15. The van der Waals surface area contributed by atoms with E-state index in [0.717, 1.165) is 19.3 Å². The van der Waals surface area contributed by atoms with Crippen LogP contribution in [0.2, 0.25) is 0 Å². The van der Waals surface area contributed by atoms with Crippen molar-refractivity contribution in [1.82, 2.24) is 0 Å². The second-order valence-corrected chi connectivity index (χ2v) is 2.42. The van der Waals surface area contributed by atoms with Gasteiger partial charge >= 0.3 is 0 Å². The second-order valence-electron chi connectivity index (χ2n) is 2.42. The molecule has 0 aliphatic carbocycles. The fourth-order valence-corrected chi connectivity index (χ4v) is 0.750. The molecule has 1 heteroatoms. The van der Waals surface area contributed by atoms with Crippen molar-refractivity contribution < 1.29 is 0 Å².